The largest absolute Gasteiger partial charge is 0.508 e. The molecular formula is C46H83N3O9. The van der Waals surface area contributed by atoms with Gasteiger partial charge in [0, 0.05) is 37.5 Å². The van der Waals surface area contributed by atoms with Crippen LogP contribution in [-0.2, 0) is 38.0 Å². The molecule has 0 amide bonds. The van der Waals surface area contributed by atoms with E-state index in [1.165, 1.54) is 77.0 Å². The Morgan fingerprint density at radius 1 is 0.534 bits per heavy atom. The van der Waals surface area contributed by atoms with Crippen molar-refractivity contribution in [2.24, 2.45) is 11.0 Å². The van der Waals surface area contributed by atoms with Crippen molar-refractivity contribution in [1.82, 2.24) is 0 Å². The lowest BCUT2D eigenvalue weighted by Crippen LogP contribution is -2.27. The van der Waals surface area contributed by atoms with Crippen molar-refractivity contribution in [3.63, 3.8) is 0 Å². The summed E-state index contributed by atoms with van der Waals surface area (Å²) in [5.74, 6) is -1.34. The van der Waals surface area contributed by atoms with Crippen molar-refractivity contribution in [1.29, 1.82) is 0 Å². The fourth-order valence-electron chi connectivity index (χ4n) is 6.00. The summed E-state index contributed by atoms with van der Waals surface area (Å²) in [6, 6.07) is 0. The maximum atomic E-state index is 12.9. The number of ether oxygens (including phenoxy) is 6. The Morgan fingerprint density at radius 2 is 1.02 bits per heavy atom. The summed E-state index contributed by atoms with van der Waals surface area (Å²) in [6.45, 7) is 7.72. The fraction of sp³-hybridized carbons (Fsp3) is 0.848. The molecule has 1 atom stereocenters. The third-order valence-electron chi connectivity index (χ3n) is 9.60. The molecule has 0 heterocycles. The smallest absolute Gasteiger partial charge is 0.465 e. The maximum Gasteiger partial charge on any atom is 0.508 e. The number of hydrogen-bond acceptors (Lipinski definition) is 10. The molecule has 0 fully saturated rings. The Morgan fingerprint density at radius 3 is 1.60 bits per heavy atom. The molecule has 0 saturated heterocycles. The second-order valence-corrected chi connectivity index (χ2v) is 15.2. The quantitative estimate of drug-likeness (QED) is 0.00853. The molecule has 0 aromatic heterocycles. The van der Waals surface area contributed by atoms with Crippen LogP contribution in [0.4, 0.5) is 4.79 Å². The zero-order valence-electron chi connectivity index (χ0n) is 37.0. The van der Waals surface area contributed by atoms with E-state index in [1.54, 1.807) is 0 Å². The van der Waals surface area contributed by atoms with Crippen LogP contribution in [0.15, 0.2) is 29.4 Å². The van der Waals surface area contributed by atoms with Crippen LogP contribution in [0.5, 0.6) is 0 Å². The van der Waals surface area contributed by atoms with E-state index in [4.69, 9.17) is 34.0 Å². The molecule has 0 aromatic rings. The lowest BCUT2D eigenvalue weighted by atomic mass is 10.1. The van der Waals surface area contributed by atoms with Crippen LogP contribution in [0.25, 0.3) is 10.4 Å². The minimum atomic E-state index is -0.901. The van der Waals surface area contributed by atoms with Gasteiger partial charge in [-0.1, -0.05) is 147 Å². The van der Waals surface area contributed by atoms with Crippen molar-refractivity contribution < 1.29 is 42.8 Å². The molecule has 0 aliphatic rings. The van der Waals surface area contributed by atoms with Crippen molar-refractivity contribution >= 4 is 18.1 Å². The predicted molar refractivity (Wildman–Crippen MR) is 232 cm³/mol. The number of nitrogens with zero attached hydrogens (tertiary/aromatic N) is 3. The molecule has 0 N–H and O–H groups in total. The first-order valence-corrected chi connectivity index (χ1v) is 23.1. The molecule has 58 heavy (non-hydrogen) atoms. The minimum absolute atomic E-state index is 0.0308. The molecule has 0 saturated carbocycles. The van der Waals surface area contributed by atoms with Crippen LogP contribution < -0.4 is 0 Å². The third kappa shape index (κ3) is 41.1. The summed E-state index contributed by atoms with van der Waals surface area (Å²) >= 11 is 0. The first-order valence-electron chi connectivity index (χ1n) is 23.1. The summed E-state index contributed by atoms with van der Waals surface area (Å²) in [6.07, 6.45) is 34.8. The van der Waals surface area contributed by atoms with E-state index in [0.717, 1.165) is 70.6 Å². The van der Waals surface area contributed by atoms with Gasteiger partial charge in [-0.2, -0.15) is 0 Å². The average Bonchev–Trinajstić information content (AvgIpc) is 3.22. The summed E-state index contributed by atoms with van der Waals surface area (Å²) in [7, 11) is 0. The number of allylic oxidation sites excluding steroid dienone is 4. The fourth-order valence-corrected chi connectivity index (χ4v) is 6.00. The van der Waals surface area contributed by atoms with Crippen molar-refractivity contribution in [3.8, 4) is 0 Å². The highest BCUT2D eigenvalue weighted by Gasteiger charge is 2.20. The zero-order chi connectivity index (χ0) is 42.4. The lowest BCUT2D eigenvalue weighted by Gasteiger charge is -2.20. The van der Waals surface area contributed by atoms with Gasteiger partial charge in [0.25, 0.3) is 0 Å². The minimum Gasteiger partial charge on any atom is -0.465 e. The standard InChI is InChI=1S/C46H83N3O9/c1-4-7-10-13-16-17-18-19-20-21-22-23-24-25-28-32-43(50)56-39-42(41-58-46(52)55-38-31-35-48-49-47)40-57-44(51)33-34-45(53-36-29-26-14-11-8-5-2)54-37-30-27-15-12-9-6-3/h16-17,19-20,42,45H,4-15,18,21-41H2,1-3H3/b17-16-,20-19-. The SMILES string of the molecule is CCCCC/C=C\C/C=C\CCCCCCCC(=O)OCC(COC(=O)CCC(OCCCCCCCC)OCCCCCCCC)COC(=O)OCCCN=[N+]=[N-]. The molecule has 0 aliphatic heterocycles. The van der Waals surface area contributed by atoms with Crippen LogP contribution >= 0.6 is 0 Å². The summed E-state index contributed by atoms with van der Waals surface area (Å²) in [5, 5.41) is 3.41. The van der Waals surface area contributed by atoms with Crippen LogP contribution in [-0.4, -0.2) is 70.6 Å². The Hall–Kier alpha value is -3.08. The van der Waals surface area contributed by atoms with Crippen molar-refractivity contribution in [2.45, 2.75) is 200 Å². The van der Waals surface area contributed by atoms with Crippen LogP contribution in [0.1, 0.15) is 194 Å². The van der Waals surface area contributed by atoms with Gasteiger partial charge < -0.3 is 28.4 Å². The molecule has 12 nitrogen and oxygen atoms in total. The molecule has 1 unspecified atom stereocenters. The molecule has 0 radical (unpaired) electrons. The van der Waals surface area contributed by atoms with Gasteiger partial charge in [0.05, 0.1) is 18.9 Å². The number of esters is 2. The number of carbonyl (C=O) groups is 3. The predicted octanol–water partition coefficient (Wildman–Crippen LogP) is 13.2. The summed E-state index contributed by atoms with van der Waals surface area (Å²) in [4.78, 5) is 40.3. The van der Waals surface area contributed by atoms with Gasteiger partial charge in [-0.15, -0.1) is 0 Å². The van der Waals surface area contributed by atoms with Gasteiger partial charge in [0.2, 0.25) is 0 Å². The van der Waals surface area contributed by atoms with E-state index in [9.17, 15) is 14.4 Å². The van der Waals surface area contributed by atoms with Crippen LogP contribution in [0, 0.1) is 5.92 Å². The first kappa shape index (κ1) is 54.9. The van der Waals surface area contributed by atoms with Crippen LogP contribution in [0.3, 0.4) is 0 Å². The topological polar surface area (TPSA) is 155 Å². The Balaban J connectivity index is 4.76. The molecule has 0 rings (SSSR count). The zero-order valence-corrected chi connectivity index (χ0v) is 37.0. The number of unbranched alkanes of at least 4 members (excludes halogenated alkanes) is 18. The molecular weight excluding hydrogens is 739 g/mol. The molecule has 0 aliphatic carbocycles. The highest BCUT2D eigenvalue weighted by atomic mass is 16.7. The number of hydrogen-bond donors (Lipinski definition) is 0. The van der Waals surface area contributed by atoms with Crippen molar-refractivity contribution in [2.75, 3.05) is 46.2 Å². The Labute approximate surface area is 352 Å². The lowest BCUT2D eigenvalue weighted by molar-refractivity contribution is -0.161. The van der Waals surface area contributed by atoms with Gasteiger partial charge in [-0.3, -0.25) is 9.59 Å². The van der Waals surface area contributed by atoms with E-state index in [2.05, 4.69) is 55.1 Å². The third-order valence-corrected chi connectivity index (χ3v) is 9.60. The number of rotatable bonds is 43. The molecule has 0 spiro atoms. The van der Waals surface area contributed by atoms with Crippen LogP contribution in [0.2, 0.25) is 0 Å². The monoisotopic (exact) mass is 822 g/mol. The summed E-state index contributed by atoms with van der Waals surface area (Å²) in [5.41, 5.74) is 8.40. The van der Waals surface area contributed by atoms with E-state index in [-0.39, 0.29) is 45.4 Å². The Bertz CT molecular complexity index is 1050. The molecule has 0 bridgehead atoms. The second kappa shape index (κ2) is 45.0. The highest BCUT2D eigenvalue weighted by Crippen LogP contribution is 2.14. The van der Waals surface area contributed by atoms with Crippen molar-refractivity contribution in [3.05, 3.63) is 34.7 Å². The van der Waals surface area contributed by atoms with Gasteiger partial charge >= 0.3 is 18.1 Å². The first-order chi connectivity index (χ1) is 28.5. The van der Waals surface area contributed by atoms with E-state index >= 15 is 0 Å². The number of azide groups is 1. The van der Waals surface area contributed by atoms with Gasteiger partial charge in [0.1, 0.15) is 19.8 Å². The molecule has 336 valence electrons. The van der Waals surface area contributed by atoms with E-state index in [0.29, 0.717) is 32.5 Å². The summed E-state index contributed by atoms with van der Waals surface area (Å²) < 4.78 is 33.5. The molecule has 12 heteroatoms. The van der Waals surface area contributed by atoms with Gasteiger partial charge in [-0.25, -0.2) is 4.79 Å². The maximum absolute atomic E-state index is 12.9. The molecule has 0 aromatic carbocycles. The average molecular weight is 822 g/mol. The van der Waals surface area contributed by atoms with Gasteiger partial charge in [0.15, 0.2) is 6.29 Å². The second-order valence-electron chi connectivity index (χ2n) is 15.2. The van der Waals surface area contributed by atoms with Gasteiger partial charge in [-0.05, 0) is 63.3 Å². The van der Waals surface area contributed by atoms with E-state index < -0.39 is 24.3 Å². The van der Waals surface area contributed by atoms with E-state index in [1.807, 2.05) is 0 Å². The Kier molecular flexibility index (Phi) is 42.6. The highest BCUT2D eigenvalue weighted by molar-refractivity contribution is 5.69. The number of carbonyl (C=O) groups excluding carboxylic acids is 3. The normalized spacial score (nSPS) is 11.9.